The van der Waals surface area contributed by atoms with Crippen molar-refractivity contribution >= 4 is 0 Å². The first-order chi connectivity index (χ1) is 5.24. The van der Waals surface area contributed by atoms with Crippen LogP contribution < -0.4 is 16.8 Å². The molecule has 2 aliphatic rings. The van der Waals surface area contributed by atoms with Crippen molar-refractivity contribution in [3.63, 3.8) is 0 Å². The fourth-order valence-corrected chi connectivity index (χ4v) is 2.31. The van der Waals surface area contributed by atoms with Crippen molar-refractivity contribution in [2.24, 2.45) is 17.4 Å². The van der Waals surface area contributed by atoms with Crippen LogP contribution in [0, 0.1) is 5.92 Å². The predicted molar refractivity (Wildman–Crippen MR) is 41.9 cm³/mol. The van der Waals surface area contributed by atoms with E-state index in [1.165, 1.54) is 0 Å². The first kappa shape index (κ1) is 7.49. The number of nitrogens with two attached hydrogens (primary N) is 2. The van der Waals surface area contributed by atoms with Gasteiger partial charge in [0.1, 0.15) is 0 Å². The van der Waals surface area contributed by atoms with Gasteiger partial charge in [0.15, 0.2) is 0 Å². The van der Waals surface area contributed by atoms with E-state index in [0.29, 0.717) is 12.5 Å². The lowest BCUT2D eigenvalue weighted by Crippen LogP contribution is -2.49. The summed E-state index contributed by atoms with van der Waals surface area (Å²) in [6.07, 6.45) is 0.624. The van der Waals surface area contributed by atoms with Gasteiger partial charge in [-0.2, -0.15) is 0 Å². The van der Waals surface area contributed by atoms with Crippen LogP contribution in [0.5, 0.6) is 0 Å². The molecular weight excluding hydrogens is 142 g/mol. The van der Waals surface area contributed by atoms with Gasteiger partial charge < -0.3 is 21.9 Å². The van der Waals surface area contributed by atoms with Crippen molar-refractivity contribution in [1.29, 1.82) is 0 Å². The van der Waals surface area contributed by atoms with E-state index in [2.05, 4.69) is 5.32 Å². The van der Waals surface area contributed by atoms with E-state index in [9.17, 15) is 5.11 Å². The molecule has 0 aromatic heterocycles. The summed E-state index contributed by atoms with van der Waals surface area (Å²) < 4.78 is 0. The molecular formula is C7H15N3O. The maximum absolute atomic E-state index is 9.47. The predicted octanol–water partition coefficient (Wildman–Crippen LogP) is -2.01. The van der Waals surface area contributed by atoms with Gasteiger partial charge in [0.25, 0.3) is 0 Å². The van der Waals surface area contributed by atoms with Gasteiger partial charge >= 0.3 is 0 Å². The minimum atomic E-state index is -0.359. The summed E-state index contributed by atoms with van der Waals surface area (Å²) >= 11 is 0. The van der Waals surface area contributed by atoms with Gasteiger partial charge in [-0.3, -0.25) is 0 Å². The number of fused-ring (bicyclic) bond motifs is 2. The Balaban J connectivity index is 2.10. The number of hydrogen-bond acceptors (Lipinski definition) is 4. The quantitative estimate of drug-likeness (QED) is 0.354. The number of aliphatic hydroxyl groups is 1. The van der Waals surface area contributed by atoms with Crippen molar-refractivity contribution in [2.75, 3.05) is 6.54 Å². The van der Waals surface area contributed by atoms with Gasteiger partial charge in [0, 0.05) is 18.1 Å². The largest absolute Gasteiger partial charge is 0.390 e. The normalized spacial score (nSPS) is 55.4. The smallest absolute Gasteiger partial charge is 0.0859 e. The van der Waals surface area contributed by atoms with Gasteiger partial charge in [0.2, 0.25) is 0 Å². The number of aliphatic hydroxyl groups excluding tert-OH is 1. The van der Waals surface area contributed by atoms with Crippen LogP contribution >= 0.6 is 0 Å². The highest BCUT2D eigenvalue weighted by Crippen LogP contribution is 2.31. The summed E-state index contributed by atoms with van der Waals surface area (Å²) in [5, 5.41) is 12.7. The first-order valence-electron chi connectivity index (χ1n) is 4.14. The van der Waals surface area contributed by atoms with Gasteiger partial charge in [-0.05, 0) is 18.9 Å². The summed E-state index contributed by atoms with van der Waals surface area (Å²) in [4.78, 5) is 0. The van der Waals surface area contributed by atoms with Crippen molar-refractivity contribution in [3.8, 4) is 0 Å². The summed E-state index contributed by atoms with van der Waals surface area (Å²) in [6, 6.07) is 0.339. The van der Waals surface area contributed by atoms with Crippen LogP contribution in [0.25, 0.3) is 0 Å². The van der Waals surface area contributed by atoms with E-state index >= 15 is 0 Å². The Morgan fingerprint density at radius 2 is 2.27 bits per heavy atom. The van der Waals surface area contributed by atoms with E-state index in [0.717, 1.165) is 6.42 Å². The van der Waals surface area contributed by atoms with Gasteiger partial charge in [-0.1, -0.05) is 0 Å². The maximum Gasteiger partial charge on any atom is 0.0859 e. The molecule has 2 bridgehead atoms. The van der Waals surface area contributed by atoms with Gasteiger partial charge in [-0.15, -0.1) is 0 Å². The molecule has 2 fully saturated rings. The second kappa shape index (κ2) is 2.42. The minimum Gasteiger partial charge on any atom is -0.390 e. The second-order valence-corrected chi connectivity index (χ2v) is 3.60. The molecule has 2 rings (SSSR count). The lowest BCUT2D eigenvalue weighted by atomic mass is 9.84. The Hall–Kier alpha value is -0.160. The maximum atomic E-state index is 9.47. The van der Waals surface area contributed by atoms with Crippen LogP contribution in [-0.4, -0.2) is 35.9 Å². The Kier molecular flexibility index (Phi) is 1.64. The van der Waals surface area contributed by atoms with Gasteiger partial charge in [0.05, 0.1) is 6.10 Å². The molecule has 2 aliphatic heterocycles. The fraction of sp³-hybridized carbons (Fsp3) is 1.00. The molecule has 0 aliphatic carbocycles. The molecule has 2 saturated heterocycles. The SMILES string of the molecule is NCC1CC2NC1C(N)C2O. The van der Waals surface area contributed by atoms with Crippen LogP contribution in [0.3, 0.4) is 0 Å². The molecule has 0 radical (unpaired) electrons. The third-order valence-electron chi connectivity index (χ3n) is 3.00. The zero-order chi connectivity index (χ0) is 8.01. The molecule has 64 valence electrons. The average Bonchev–Trinajstić information content (AvgIpc) is 2.53. The third kappa shape index (κ3) is 0.906. The molecule has 0 saturated carbocycles. The molecule has 5 atom stereocenters. The second-order valence-electron chi connectivity index (χ2n) is 3.60. The van der Waals surface area contributed by atoms with Crippen molar-refractivity contribution in [3.05, 3.63) is 0 Å². The van der Waals surface area contributed by atoms with Crippen LogP contribution in [0.1, 0.15) is 6.42 Å². The summed E-state index contributed by atoms with van der Waals surface area (Å²) in [7, 11) is 0. The zero-order valence-electron chi connectivity index (χ0n) is 6.40. The molecule has 4 heteroatoms. The lowest BCUT2D eigenvalue weighted by Gasteiger charge is -2.27. The summed E-state index contributed by atoms with van der Waals surface area (Å²) in [5.41, 5.74) is 11.3. The zero-order valence-corrected chi connectivity index (χ0v) is 6.40. The first-order valence-corrected chi connectivity index (χ1v) is 4.14. The molecule has 11 heavy (non-hydrogen) atoms. The van der Waals surface area contributed by atoms with E-state index in [1.54, 1.807) is 0 Å². The standard InChI is InChI=1S/C7H15N3O/c8-2-3-1-4-7(11)5(9)6(3)10-4/h3-7,10-11H,1-2,8-9H2. The number of nitrogens with one attached hydrogen (secondary N) is 1. The minimum absolute atomic E-state index is 0.109. The monoisotopic (exact) mass is 157 g/mol. The molecule has 6 N–H and O–H groups in total. The average molecular weight is 157 g/mol. The number of hydrogen-bond donors (Lipinski definition) is 4. The Bertz CT molecular complexity index is 158. The van der Waals surface area contributed by atoms with Crippen molar-refractivity contribution in [2.45, 2.75) is 30.7 Å². The van der Waals surface area contributed by atoms with Crippen LogP contribution in [-0.2, 0) is 0 Å². The highest BCUT2D eigenvalue weighted by atomic mass is 16.3. The molecule has 4 nitrogen and oxygen atoms in total. The molecule has 0 amide bonds. The van der Waals surface area contributed by atoms with Crippen LogP contribution in [0.15, 0.2) is 0 Å². The van der Waals surface area contributed by atoms with Crippen molar-refractivity contribution < 1.29 is 5.11 Å². The van der Waals surface area contributed by atoms with E-state index in [4.69, 9.17) is 11.5 Å². The highest BCUT2D eigenvalue weighted by Gasteiger charge is 2.49. The Morgan fingerprint density at radius 3 is 2.73 bits per heavy atom. The van der Waals surface area contributed by atoms with Crippen LogP contribution in [0.2, 0.25) is 0 Å². The number of rotatable bonds is 1. The molecule has 0 aromatic carbocycles. The third-order valence-corrected chi connectivity index (χ3v) is 3.00. The molecule has 0 spiro atoms. The van der Waals surface area contributed by atoms with E-state index < -0.39 is 0 Å². The molecule has 2 heterocycles. The van der Waals surface area contributed by atoms with Crippen molar-refractivity contribution in [1.82, 2.24) is 5.32 Å². The molecule has 0 aromatic rings. The van der Waals surface area contributed by atoms with E-state index in [-0.39, 0.29) is 24.2 Å². The summed E-state index contributed by atoms with van der Waals surface area (Å²) in [6.45, 7) is 0.675. The highest BCUT2D eigenvalue weighted by molar-refractivity contribution is 5.10. The fourth-order valence-electron chi connectivity index (χ4n) is 2.31. The van der Waals surface area contributed by atoms with E-state index in [1.807, 2.05) is 0 Å². The van der Waals surface area contributed by atoms with Crippen LogP contribution in [0.4, 0.5) is 0 Å². The Labute approximate surface area is 65.9 Å². The molecule has 5 unspecified atom stereocenters. The summed E-state index contributed by atoms with van der Waals surface area (Å²) in [5.74, 6) is 0.471. The lowest BCUT2D eigenvalue weighted by molar-refractivity contribution is 0.113. The Morgan fingerprint density at radius 1 is 1.55 bits per heavy atom. The van der Waals surface area contributed by atoms with Gasteiger partial charge in [-0.25, -0.2) is 0 Å². The topological polar surface area (TPSA) is 84.3 Å².